The summed E-state index contributed by atoms with van der Waals surface area (Å²) in [5, 5.41) is 3.67. The normalized spacial score (nSPS) is 11.9. The van der Waals surface area contributed by atoms with Crippen molar-refractivity contribution in [2.24, 2.45) is 0 Å². The highest BCUT2D eigenvalue weighted by atomic mass is 35.5. The van der Waals surface area contributed by atoms with Gasteiger partial charge in [0.05, 0.1) is 17.3 Å². The first-order chi connectivity index (χ1) is 9.80. The van der Waals surface area contributed by atoms with Gasteiger partial charge in [-0.25, -0.2) is 12.7 Å². The number of aryl methyl sites for hydroxylation is 1. The van der Waals surface area contributed by atoms with E-state index in [1.807, 2.05) is 25.1 Å². The number of nitrogens with one attached hydrogen (secondary N) is 1. The van der Waals surface area contributed by atoms with Crippen LogP contribution in [0.2, 0.25) is 5.02 Å². The van der Waals surface area contributed by atoms with Crippen LogP contribution in [0.25, 0.3) is 0 Å². The smallest absolute Gasteiger partial charge is 0.275 e. The third-order valence-corrected chi connectivity index (χ3v) is 4.97. The molecule has 0 aliphatic rings. The van der Waals surface area contributed by atoms with E-state index in [0.29, 0.717) is 17.3 Å². The Morgan fingerprint density at radius 1 is 1.24 bits per heavy atom. The zero-order chi connectivity index (χ0) is 15.6. The molecule has 0 fully saturated rings. The Morgan fingerprint density at radius 3 is 2.62 bits per heavy atom. The first-order valence-electron chi connectivity index (χ1n) is 6.32. The molecule has 0 saturated carbocycles. The zero-order valence-corrected chi connectivity index (χ0v) is 13.6. The van der Waals surface area contributed by atoms with Gasteiger partial charge in [-0.05, 0) is 36.8 Å². The molecule has 5 nitrogen and oxygen atoms in total. The highest BCUT2D eigenvalue weighted by Crippen LogP contribution is 2.24. The third kappa shape index (κ3) is 3.58. The number of hydrogen-bond acceptors (Lipinski definition) is 4. The number of halogens is 1. The van der Waals surface area contributed by atoms with Crippen LogP contribution in [0, 0.1) is 6.92 Å². The standard InChI is InChI=1S/C14H17ClN2O3S/c1-10-4-6-12(15)13(8-10)16-9-11-5-7-14(20-11)21(18,19)17(2)3/h4-8,16H,9H2,1-3H3. The Balaban J connectivity index is 2.12. The van der Waals surface area contributed by atoms with Crippen molar-refractivity contribution in [1.29, 1.82) is 0 Å². The van der Waals surface area contributed by atoms with E-state index in [1.165, 1.54) is 20.2 Å². The molecule has 1 aromatic heterocycles. The molecule has 0 amide bonds. The lowest BCUT2D eigenvalue weighted by atomic mass is 10.2. The first-order valence-corrected chi connectivity index (χ1v) is 8.14. The van der Waals surface area contributed by atoms with E-state index in [0.717, 1.165) is 15.6 Å². The van der Waals surface area contributed by atoms with Crippen molar-refractivity contribution in [3.8, 4) is 0 Å². The Bertz CT molecular complexity index is 738. The molecule has 1 aromatic carbocycles. The fraction of sp³-hybridized carbons (Fsp3) is 0.286. The van der Waals surface area contributed by atoms with Gasteiger partial charge in [0.15, 0.2) is 0 Å². The van der Waals surface area contributed by atoms with Crippen LogP contribution in [0.5, 0.6) is 0 Å². The van der Waals surface area contributed by atoms with Crippen molar-refractivity contribution < 1.29 is 12.8 Å². The second-order valence-electron chi connectivity index (χ2n) is 4.85. The Morgan fingerprint density at radius 2 is 1.95 bits per heavy atom. The lowest BCUT2D eigenvalue weighted by Gasteiger charge is -2.09. The molecule has 0 atom stereocenters. The largest absolute Gasteiger partial charge is 0.446 e. The molecule has 2 rings (SSSR count). The molecule has 0 saturated heterocycles. The van der Waals surface area contributed by atoms with E-state index < -0.39 is 10.0 Å². The highest BCUT2D eigenvalue weighted by Gasteiger charge is 2.21. The van der Waals surface area contributed by atoms with E-state index in [9.17, 15) is 8.42 Å². The lowest BCUT2D eigenvalue weighted by molar-refractivity contribution is 0.402. The van der Waals surface area contributed by atoms with E-state index >= 15 is 0 Å². The second-order valence-corrected chi connectivity index (χ2v) is 7.34. The van der Waals surface area contributed by atoms with Crippen molar-refractivity contribution in [1.82, 2.24) is 4.31 Å². The fourth-order valence-corrected chi connectivity index (χ4v) is 2.73. The van der Waals surface area contributed by atoms with Crippen LogP contribution in [0.3, 0.4) is 0 Å². The molecule has 0 bridgehead atoms. The Hall–Kier alpha value is -1.50. The Labute approximate surface area is 129 Å². The summed E-state index contributed by atoms with van der Waals surface area (Å²) in [7, 11) is -0.620. The van der Waals surface area contributed by atoms with Crippen LogP contribution in [-0.4, -0.2) is 26.8 Å². The molecule has 2 aromatic rings. The average Bonchev–Trinajstić information content (AvgIpc) is 2.89. The van der Waals surface area contributed by atoms with Crippen LogP contribution in [-0.2, 0) is 16.6 Å². The number of furan rings is 1. The Kier molecular flexibility index (Phi) is 4.61. The molecule has 21 heavy (non-hydrogen) atoms. The molecule has 0 aliphatic carbocycles. The molecule has 0 spiro atoms. The minimum absolute atomic E-state index is 0.0698. The van der Waals surface area contributed by atoms with Gasteiger partial charge in [-0.2, -0.15) is 0 Å². The zero-order valence-electron chi connectivity index (χ0n) is 12.1. The number of hydrogen-bond donors (Lipinski definition) is 1. The summed E-state index contributed by atoms with van der Waals surface area (Å²) in [5.74, 6) is 0.521. The number of sulfonamides is 1. The molecular formula is C14H17ClN2O3S. The van der Waals surface area contributed by atoms with Crippen LogP contribution in [0.1, 0.15) is 11.3 Å². The van der Waals surface area contributed by atoms with Crippen LogP contribution in [0.15, 0.2) is 39.8 Å². The van der Waals surface area contributed by atoms with Gasteiger partial charge in [-0.3, -0.25) is 0 Å². The van der Waals surface area contributed by atoms with Gasteiger partial charge in [-0.1, -0.05) is 17.7 Å². The summed E-state index contributed by atoms with van der Waals surface area (Å²) in [5.41, 5.74) is 1.86. The van der Waals surface area contributed by atoms with Crippen molar-refractivity contribution in [3.63, 3.8) is 0 Å². The second kappa shape index (κ2) is 6.09. The van der Waals surface area contributed by atoms with Crippen molar-refractivity contribution in [3.05, 3.63) is 46.7 Å². The van der Waals surface area contributed by atoms with Gasteiger partial charge < -0.3 is 9.73 Å². The SMILES string of the molecule is Cc1ccc(Cl)c(NCc2ccc(S(=O)(=O)N(C)C)o2)c1. The van der Waals surface area contributed by atoms with Gasteiger partial charge in [0, 0.05) is 14.1 Å². The number of anilines is 1. The van der Waals surface area contributed by atoms with Crippen molar-refractivity contribution in [2.75, 3.05) is 19.4 Å². The minimum atomic E-state index is -3.54. The third-order valence-electron chi connectivity index (χ3n) is 2.95. The van der Waals surface area contributed by atoms with E-state index in [1.54, 1.807) is 6.07 Å². The van der Waals surface area contributed by atoms with Crippen molar-refractivity contribution in [2.45, 2.75) is 18.6 Å². The summed E-state index contributed by atoms with van der Waals surface area (Å²) in [4.78, 5) is 0. The van der Waals surface area contributed by atoms with E-state index in [2.05, 4.69) is 5.32 Å². The van der Waals surface area contributed by atoms with Crippen molar-refractivity contribution >= 4 is 27.3 Å². The minimum Gasteiger partial charge on any atom is -0.446 e. The van der Waals surface area contributed by atoms with Gasteiger partial charge in [0.25, 0.3) is 10.0 Å². The predicted octanol–water partition coefficient (Wildman–Crippen LogP) is 3.10. The van der Waals surface area contributed by atoms with Crippen LogP contribution >= 0.6 is 11.6 Å². The molecule has 7 heteroatoms. The molecule has 0 radical (unpaired) electrons. The number of nitrogens with zero attached hydrogens (tertiary/aromatic N) is 1. The molecule has 114 valence electrons. The number of rotatable bonds is 5. The maximum atomic E-state index is 11.9. The van der Waals surface area contributed by atoms with Gasteiger partial charge in [-0.15, -0.1) is 0 Å². The lowest BCUT2D eigenvalue weighted by Crippen LogP contribution is -2.21. The molecule has 1 heterocycles. The van der Waals surface area contributed by atoms with Crippen LogP contribution in [0.4, 0.5) is 5.69 Å². The van der Waals surface area contributed by atoms with Gasteiger partial charge >= 0.3 is 0 Å². The highest BCUT2D eigenvalue weighted by molar-refractivity contribution is 7.88. The average molecular weight is 329 g/mol. The van der Waals surface area contributed by atoms with Crippen LogP contribution < -0.4 is 5.32 Å². The topological polar surface area (TPSA) is 62.6 Å². The summed E-state index contributed by atoms with van der Waals surface area (Å²) >= 11 is 6.09. The monoisotopic (exact) mass is 328 g/mol. The number of benzene rings is 1. The molecule has 0 unspecified atom stereocenters. The summed E-state index contributed by atoms with van der Waals surface area (Å²) in [6.45, 7) is 2.32. The molecule has 0 aliphatic heterocycles. The summed E-state index contributed by atoms with van der Waals surface area (Å²) in [6, 6.07) is 8.73. The predicted molar refractivity (Wildman–Crippen MR) is 83.1 cm³/mol. The summed E-state index contributed by atoms with van der Waals surface area (Å²) in [6.07, 6.45) is 0. The van der Waals surface area contributed by atoms with Gasteiger partial charge in [0.2, 0.25) is 5.09 Å². The summed E-state index contributed by atoms with van der Waals surface area (Å²) < 4.78 is 30.3. The van der Waals surface area contributed by atoms with E-state index in [-0.39, 0.29) is 5.09 Å². The quantitative estimate of drug-likeness (QED) is 0.916. The van der Waals surface area contributed by atoms with Gasteiger partial charge in [0.1, 0.15) is 5.76 Å². The first kappa shape index (κ1) is 15.9. The van der Waals surface area contributed by atoms with E-state index in [4.69, 9.17) is 16.0 Å². The fourth-order valence-electron chi connectivity index (χ4n) is 1.73. The molecular weight excluding hydrogens is 312 g/mol. The molecule has 1 N–H and O–H groups in total. The maximum absolute atomic E-state index is 11.9. The maximum Gasteiger partial charge on any atom is 0.275 e.